The molecule has 1 heterocycles. The van der Waals surface area contributed by atoms with E-state index in [0.29, 0.717) is 0 Å². The van der Waals surface area contributed by atoms with E-state index in [4.69, 9.17) is 0 Å². The largest absolute Gasteiger partial charge is 0.303 e. The molecule has 1 aromatic carbocycles. The van der Waals surface area contributed by atoms with Gasteiger partial charge in [-0.2, -0.15) is 4.91 Å². The number of nitrogens with zero attached hydrogens (tertiary/aromatic N) is 2. The summed E-state index contributed by atoms with van der Waals surface area (Å²) in [7, 11) is 0. The number of rotatable bonds is 5. The van der Waals surface area contributed by atoms with Crippen molar-refractivity contribution in [3.8, 4) is 0 Å². The van der Waals surface area contributed by atoms with Crippen LogP contribution in [0.3, 0.4) is 0 Å². The van der Waals surface area contributed by atoms with Crippen LogP contribution in [-0.4, -0.2) is 30.6 Å². The second-order valence-corrected chi connectivity index (χ2v) is 4.77. The number of nitroso groups, excluding NO2 is 1. The van der Waals surface area contributed by atoms with Crippen molar-refractivity contribution in [1.82, 2.24) is 4.90 Å². The van der Waals surface area contributed by atoms with Crippen molar-refractivity contribution >= 4 is 0 Å². The first-order valence-electron chi connectivity index (χ1n) is 6.47. The van der Waals surface area contributed by atoms with Crippen LogP contribution >= 0.6 is 0 Å². The fourth-order valence-corrected chi connectivity index (χ4v) is 2.40. The van der Waals surface area contributed by atoms with Crippen molar-refractivity contribution < 1.29 is 0 Å². The van der Waals surface area contributed by atoms with Crippen molar-refractivity contribution in [3.05, 3.63) is 40.8 Å². The predicted octanol–water partition coefficient (Wildman–Crippen LogP) is 2.85. The number of hydrogen-bond donors (Lipinski definition) is 0. The standard InChI is InChI=1S/C14H20N2O/c17-15-14-8-11-16(12-9-14)10-4-7-13-5-2-1-3-6-13/h1-3,5-6,14H,4,7-12H2. The van der Waals surface area contributed by atoms with Crippen LogP contribution in [0.1, 0.15) is 24.8 Å². The molecule has 0 aromatic heterocycles. The highest BCUT2D eigenvalue weighted by Crippen LogP contribution is 2.14. The van der Waals surface area contributed by atoms with Gasteiger partial charge in [-0.1, -0.05) is 35.5 Å². The lowest BCUT2D eigenvalue weighted by atomic mass is 10.0. The van der Waals surface area contributed by atoms with Gasteiger partial charge in [0.1, 0.15) is 0 Å². The van der Waals surface area contributed by atoms with Crippen molar-refractivity contribution in [2.75, 3.05) is 19.6 Å². The maximum Gasteiger partial charge on any atom is 0.0944 e. The number of benzene rings is 1. The average Bonchev–Trinajstić information content (AvgIpc) is 2.41. The fraction of sp³-hybridized carbons (Fsp3) is 0.571. The molecule has 0 unspecified atom stereocenters. The maximum atomic E-state index is 10.4. The second kappa shape index (κ2) is 6.50. The summed E-state index contributed by atoms with van der Waals surface area (Å²) in [5.41, 5.74) is 1.41. The minimum absolute atomic E-state index is 0.0698. The van der Waals surface area contributed by atoms with Crippen LogP contribution in [0, 0.1) is 4.91 Å². The van der Waals surface area contributed by atoms with Crippen LogP contribution in [0.15, 0.2) is 35.5 Å². The molecule has 3 nitrogen and oxygen atoms in total. The Bertz CT molecular complexity index is 331. The van der Waals surface area contributed by atoms with Gasteiger partial charge in [0.25, 0.3) is 0 Å². The third-order valence-corrected chi connectivity index (χ3v) is 3.49. The Hall–Kier alpha value is -1.22. The summed E-state index contributed by atoms with van der Waals surface area (Å²) >= 11 is 0. The first kappa shape index (κ1) is 12.2. The molecule has 0 amide bonds. The van der Waals surface area contributed by atoms with E-state index < -0.39 is 0 Å². The summed E-state index contributed by atoms with van der Waals surface area (Å²) in [6.45, 7) is 3.21. The van der Waals surface area contributed by atoms with E-state index >= 15 is 0 Å². The normalized spacial score (nSPS) is 18.1. The SMILES string of the molecule is O=NC1CCN(CCCc2ccccc2)CC1. The quantitative estimate of drug-likeness (QED) is 0.731. The van der Waals surface area contributed by atoms with Gasteiger partial charge in [-0.3, -0.25) is 0 Å². The molecule has 1 aliphatic heterocycles. The van der Waals surface area contributed by atoms with Crippen molar-refractivity contribution in [1.29, 1.82) is 0 Å². The minimum atomic E-state index is 0.0698. The minimum Gasteiger partial charge on any atom is -0.303 e. The van der Waals surface area contributed by atoms with E-state index in [2.05, 4.69) is 40.4 Å². The molecule has 17 heavy (non-hydrogen) atoms. The lowest BCUT2D eigenvalue weighted by Gasteiger charge is -2.28. The molecule has 0 atom stereocenters. The lowest BCUT2D eigenvalue weighted by molar-refractivity contribution is 0.211. The molecule has 1 aliphatic rings. The van der Waals surface area contributed by atoms with E-state index in [1.165, 1.54) is 12.0 Å². The highest BCUT2D eigenvalue weighted by molar-refractivity contribution is 5.14. The topological polar surface area (TPSA) is 32.7 Å². The Kier molecular flexibility index (Phi) is 4.68. The first-order valence-corrected chi connectivity index (χ1v) is 6.47. The zero-order valence-corrected chi connectivity index (χ0v) is 10.2. The number of hydrogen-bond acceptors (Lipinski definition) is 3. The van der Waals surface area contributed by atoms with E-state index in [-0.39, 0.29) is 6.04 Å². The monoisotopic (exact) mass is 232 g/mol. The van der Waals surface area contributed by atoms with Gasteiger partial charge >= 0.3 is 0 Å². The third kappa shape index (κ3) is 3.93. The highest BCUT2D eigenvalue weighted by atomic mass is 16.3. The van der Waals surface area contributed by atoms with Gasteiger partial charge in [-0.05, 0) is 37.8 Å². The van der Waals surface area contributed by atoms with Crippen molar-refractivity contribution in [2.24, 2.45) is 5.18 Å². The molecule has 92 valence electrons. The molecule has 2 rings (SSSR count). The Balaban J connectivity index is 1.65. The summed E-state index contributed by atoms with van der Waals surface area (Å²) in [6.07, 6.45) is 4.22. The maximum absolute atomic E-state index is 10.4. The number of aryl methyl sites for hydroxylation is 1. The molecule has 0 N–H and O–H groups in total. The molecular formula is C14H20N2O. The van der Waals surface area contributed by atoms with Crippen LogP contribution in [0.2, 0.25) is 0 Å². The van der Waals surface area contributed by atoms with E-state index in [9.17, 15) is 4.91 Å². The summed E-state index contributed by atoms with van der Waals surface area (Å²) in [5, 5.41) is 3.13. The van der Waals surface area contributed by atoms with Crippen molar-refractivity contribution in [3.63, 3.8) is 0 Å². The Morgan fingerprint density at radius 1 is 1.18 bits per heavy atom. The summed E-state index contributed by atoms with van der Waals surface area (Å²) in [5.74, 6) is 0. The molecule has 0 saturated carbocycles. The Labute approximate surface area is 103 Å². The Morgan fingerprint density at radius 3 is 2.53 bits per heavy atom. The van der Waals surface area contributed by atoms with Gasteiger partial charge in [0.2, 0.25) is 0 Å². The molecule has 0 aliphatic carbocycles. The number of likely N-dealkylation sites (tertiary alicyclic amines) is 1. The van der Waals surface area contributed by atoms with Crippen LogP contribution in [-0.2, 0) is 6.42 Å². The van der Waals surface area contributed by atoms with Gasteiger partial charge < -0.3 is 4.90 Å². The molecule has 0 bridgehead atoms. The molecular weight excluding hydrogens is 212 g/mol. The van der Waals surface area contributed by atoms with Gasteiger partial charge in [-0.15, -0.1) is 0 Å². The average molecular weight is 232 g/mol. The number of piperidine rings is 1. The van der Waals surface area contributed by atoms with E-state index in [1.807, 2.05) is 0 Å². The van der Waals surface area contributed by atoms with Crippen LogP contribution in [0.4, 0.5) is 0 Å². The smallest absolute Gasteiger partial charge is 0.0944 e. The van der Waals surface area contributed by atoms with Crippen LogP contribution in [0.5, 0.6) is 0 Å². The molecule has 0 spiro atoms. The van der Waals surface area contributed by atoms with Crippen molar-refractivity contribution in [2.45, 2.75) is 31.7 Å². The zero-order chi connectivity index (χ0) is 11.9. The predicted molar refractivity (Wildman–Crippen MR) is 70.0 cm³/mol. The summed E-state index contributed by atoms with van der Waals surface area (Å²) < 4.78 is 0. The van der Waals surface area contributed by atoms with Gasteiger partial charge in [-0.25, -0.2) is 0 Å². The third-order valence-electron chi connectivity index (χ3n) is 3.49. The molecule has 1 saturated heterocycles. The van der Waals surface area contributed by atoms with Gasteiger partial charge in [0.05, 0.1) is 6.04 Å². The molecule has 1 fully saturated rings. The molecule has 0 radical (unpaired) electrons. The second-order valence-electron chi connectivity index (χ2n) is 4.77. The van der Waals surface area contributed by atoms with Crippen LogP contribution in [0.25, 0.3) is 0 Å². The summed E-state index contributed by atoms with van der Waals surface area (Å²) in [4.78, 5) is 12.8. The first-order chi connectivity index (χ1) is 8.38. The van der Waals surface area contributed by atoms with Gasteiger partial charge in [0, 0.05) is 13.1 Å². The lowest BCUT2D eigenvalue weighted by Crippen LogP contribution is -2.35. The van der Waals surface area contributed by atoms with E-state index in [0.717, 1.165) is 38.9 Å². The zero-order valence-electron chi connectivity index (χ0n) is 10.2. The molecule has 3 heteroatoms. The fourth-order valence-electron chi connectivity index (χ4n) is 2.40. The van der Waals surface area contributed by atoms with Gasteiger partial charge in [0.15, 0.2) is 0 Å². The Morgan fingerprint density at radius 2 is 1.88 bits per heavy atom. The highest BCUT2D eigenvalue weighted by Gasteiger charge is 2.18. The van der Waals surface area contributed by atoms with E-state index in [1.54, 1.807) is 0 Å². The molecule has 1 aromatic rings. The van der Waals surface area contributed by atoms with Crippen LogP contribution < -0.4 is 0 Å². The summed E-state index contributed by atoms with van der Waals surface area (Å²) in [6, 6.07) is 10.7.